The van der Waals surface area contributed by atoms with Crippen molar-refractivity contribution in [2.24, 2.45) is 0 Å². The van der Waals surface area contributed by atoms with Crippen molar-refractivity contribution in [1.29, 1.82) is 0 Å². The third-order valence-corrected chi connectivity index (χ3v) is 3.69. The van der Waals surface area contributed by atoms with Crippen LogP contribution in [0, 0.1) is 5.82 Å². The Hall–Kier alpha value is -1.13. The maximum atomic E-state index is 14.0. The van der Waals surface area contributed by atoms with Crippen molar-refractivity contribution in [2.45, 2.75) is 25.5 Å². The summed E-state index contributed by atoms with van der Waals surface area (Å²) in [4.78, 5) is 4.26. The summed E-state index contributed by atoms with van der Waals surface area (Å²) in [7, 11) is 4.11. The molecule has 0 bridgehead atoms. The second kappa shape index (κ2) is 5.24. The van der Waals surface area contributed by atoms with Crippen LogP contribution in [0.25, 0.3) is 0 Å². The Morgan fingerprint density at radius 3 is 2.67 bits per heavy atom. The minimum Gasteiger partial charge on any atom is -0.389 e. The van der Waals surface area contributed by atoms with Crippen LogP contribution < -0.4 is 4.90 Å². The van der Waals surface area contributed by atoms with Gasteiger partial charge in [0, 0.05) is 19.1 Å². The molecule has 0 aromatic heterocycles. The molecule has 1 heterocycles. The van der Waals surface area contributed by atoms with Crippen LogP contribution in [0.5, 0.6) is 0 Å². The topological polar surface area (TPSA) is 26.7 Å². The van der Waals surface area contributed by atoms with E-state index in [9.17, 15) is 9.50 Å². The number of rotatable bonds is 3. The first-order valence-electron chi connectivity index (χ1n) is 6.38. The molecule has 100 valence electrons. The normalized spacial score (nSPS) is 21.7. The lowest BCUT2D eigenvalue weighted by Crippen LogP contribution is -2.31. The molecule has 1 aliphatic rings. The van der Waals surface area contributed by atoms with Gasteiger partial charge >= 0.3 is 0 Å². The summed E-state index contributed by atoms with van der Waals surface area (Å²) in [6.45, 7) is 3.39. The Morgan fingerprint density at radius 2 is 2.17 bits per heavy atom. The number of nitrogens with zero attached hydrogens (tertiary/aromatic N) is 2. The number of hydrogen-bond donors (Lipinski definition) is 1. The summed E-state index contributed by atoms with van der Waals surface area (Å²) >= 11 is 0. The Balaban J connectivity index is 2.15. The van der Waals surface area contributed by atoms with Crippen LogP contribution in [0.4, 0.5) is 10.1 Å². The highest BCUT2D eigenvalue weighted by Crippen LogP contribution is 2.27. The third-order valence-electron chi connectivity index (χ3n) is 3.69. The predicted molar refractivity (Wildman–Crippen MR) is 71.3 cm³/mol. The minimum atomic E-state index is -0.623. The lowest BCUT2D eigenvalue weighted by molar-refractivity contribution is 0.199. The highest BCUT2D eigenvalue weighted by molar-refractivity contribution is 5.50. The first-order chi connectivity index (χ1) is 8.49. The summed E-state index contributed by atoms with van der Waals surface area (Å²) in [6, 6.07) is 5.49. The lowest BCUT2D eigenvalue weighted by Gasteiger charge is -2.22. The summed E-state index contributed by atoms with van der Waals surface area (Å²) in [5.74, 6) is -0.243. The lowest BCUT2D eigenvalue weighted by atomic mass is 10.1. The number of anilines is 1. The number of aliphatic hydroxyl groups excluding tert-OH is 1. The van der Waals surface area contributed by atoms with Gasteiger partial charge in [-0.1, -0.05) is 6.07 Å². The largest absolute Gasteiger partial charge is 0.389 e. The van der Waals surface area contributed by atoms with Crippen LogP contribution in [-0.4, -0.2) is 43.2 Å². The van der Waals surface area contributed by atoms with E-state index < -0.39 is 6.10 Å². The molecule has 0 saturated carbocycles. The van der Waals surface area contributed by atoms with E-state index in [-0.39, 0.29) is 5.82 Å². The van der Waals surface area contributed by atoms with E-state index in [2.05, 4.69) is 23.9 Å². The molecule has 1 saturated heterocycles. The molecule has 0 amide bonds. The van der Waals surface area contributed by atoms with E-state index in [1.54, 1.807) is 19.1 Å². The van der Waals surface area contributed by atoms with Gasteiger partial charge in [0.05, 0.1) is 11.8 Å². The molecule has 1 aliphatic heterocycles. The second-order valence-electron chi connectivity index (χ2n) is 5.24. The molecule has 3 nitrogen and oxygen atoms in total. The van der Waals surface area contributed by atoms with Crippen molar-refractivity contribution in [3.8, 4) is 0 Å². The van der Waals surface area contributed by atoms with Crippen LogP contribution in [0.1, 0.15) is 25.0 Å². The number of likely N-dealkylation sites (N-methyl/N-ethyl adjacent to an activating group) is 1. The molecule has 1 N–H and O–H groups in total. The van der Waals surface area contributed by atoms with Crippen LogP contribution in [-0.2, 0) is 0 Å². The van der Waals surface area contributed by atoms with Crippen molar-refractivity contribution < 1.29 is 9.50 Å². The quantitative estimate of drug-likeness (QED) is 0.891. The maximum Gasteiger partial charge on any atom is 0.146 e. The second-order valence-corrected chi connectivity index (χ2v) is 5.24. The molecule has 18 heavy (non-hydrogen) atoms. The highest BCUT2D eigenvalue weighted by atomic mass is 19.1. The van der Waals surface area contributed by atoms with Crippen LogP contribution >= 0.6 is 0 Å². The Morgan fingerprint density at radius 1 is 1.44 bits per heavy atom. The smallest absolute Gasteiger partial charge is 0.146 e. The fourth-order valence-corrected chi connectivity index (χ4v) is 2.42. The summed E-state index contributed by atoms with van der Waals surface area (Å²) in [6.07, 6.45) is 0.437. The average Bonchev–Trinajstić information content (AvgIpc) is 2.78. The van der Waals surface area contributed by atoms with Gasteiger partial charge in [-0.05, 0) is 45.1 Å². The summed E-state index contributed by atoms with van der Waals surface area (Å²) in [5, 5.41) is 9.43. The van der Waals surface area contributed by atoms with Crippen molar-refractivity contribution >= 4 is 5.69 Å². The van der Waals surface area contributed by atoms with Gasteiger partial charge in [0.15, 0.2) is 0 Å². The average molecular weight is 252 g/mol. The van der Waals surface area contributed by atoms with Crippen LogP contribution in [0.3, 0.4) is 0 Å². The Labute approximate surface area is 108 Å². The van der Waals surface area contributed by atoms with Gasteiger partial charge in [-0.25, -0.2) is 4.39 Å². The first-order valence-corrected chi connectivity index (χ1v) is 6.38. The Kier molecular flexibility index (Phi) is 3.88. The fourth-order valence-electron chi connectivity index (χ4n) is 2.42. The van der Waals surface area contributed by atoms with E-state index in [0.717, 1.165) is 19.5 Å². The predicted octanol–water partition coefficient (Wildman–Crippen LogP) is 2.02. The zero-order valence-electron chi connectivity index (χ0n) is 11.2. The van der Waals surface area contributed by atoms with Crippen molar-refractivity contribution in [3.05, 3.63) is 29.6 Å². The van der Waals surface area contributed by atoms with Crippen molar-refractivity contribution in [2.75, 3.05) is 32.1 Å². The van der Waals surface area contributed by atoms with Crippen molar-refractivity contribution in [3.63, 3.8) is 0 Å². The number of benzene rings is 1. The molecule has 0 radical (unpaired) electrons. The molecule has 2 atom stereocenters. The van der Waals surface area contributed by atoms with Gasteiger partial charge < -0.3 is 14.9 Å². The van der Waals surface area contributed by atoms with E-state index >= 15 is 0 Å². The standard InChI is InChI=1S/C14H21FN2O/c1-10(18)11-4-5-14(13(15)8-11)17-7-6-12(9-17)16(2)3/h4-5,8,10,12,18H,6-7,9H2,1-3H3/t10-,12?/m1/s1. The van der Waals surface area contributed by atoms with Crippen LogP contribution in [0.15, 0.2) is 18.2 Å². The van der Waals surface area contributed by atoms with Gasteiger partial charge in [0.25, 0.3) is 0 Å². The SMILES string of the molecule is C[C@@H](O)c1ccc(N2CCC(N(C)C)C2)c(F)c1. The summed E-state index contributed by atoms with van der Waals surface area (Å²) < 4.78 is 14.0. The van der Waals surface area contributed by atoms with Gasteiger partial charge in [-0.15, -0.1) is 0 Å². The molecule has 0 spiro atoms. The zero-order valence-corrected chi connectivity index (χ0v) is 11.2. The molecular weight excluding hydrogens is 231 g/mol. The van der Waals surface area contributed by atoms with Gasteiger partial charge in [-0.3, -0.25) is 0 Å². The maximum absolute atomic E-state index is 14.0. The number of hydrogen-bond acceptors (Lipinski definition) is 3. The van der Waals surface area contributed by atoms with Crippen LogP contribution in [0.2, 0.25) is 0 Å². The molecule has 4 heteroatoms. The van der Waals surface area contributed by atoms with E-state index in [0.29, 0.717) is 17.3 Å². The molecule has 1 aromatic carbocycles. The van der Waals surface area contributed by atoms with Gasteiger partial charge in [0.1, 0.15) is 5.82 Å². The Bertz CT molecular complexity index is 420. The molecule has 1 aromatic rings. The summed E-state index contributed by atoms with van der Waals surface area (Å²) in [5.41, 5.74) is 1.27. The zero-order chi connectivity index (χ0) is 13.3. The van der Waals surface area contributed by atoms with E-state index in [1.807, 2.05) is 0 Å². The molecule has 1 unspecified atom stereocenters. The fraction of sp³-hybridized carbons (Fsp3) is 0.571. The van der Waals surface area contributed by atoms with Crippen molar-refractivity contribution in [1.82, 2.24) is 4.90 Å². The van der Waals surface area contributed by atoms with E-state index in [4.69, 9.17) is 0 Å². The first kappa shape index (κ1) is 13.3. The minimum absolute atomic E-state index is 0.243. The van der Waals surface area contributed by atoms with E-state index in [1.165, 1.54) is 6.07 Å². The monoisotopic (exact) mass is 252 g/mol. The van der Waals surface area contributed by atoms with Gasteiger partial charge in [-0.2, -0.15) is 0 Å². The van der Waals surface area contributed by atoms with Gasteiger partial charge in [0.2, 0.25) is 0 Å². The molecule has 0 aliphatic carbocycles. The number of halogens is 1. The third kappa shape index (κ3) is 2.65. The molecule has 2 rings (SSSR count). The molecule has 1 fully saturated rings. The molecular formula is C14H21FN2O. The highest BCUT2D eigenvalue weighted by Gasteiger charge is 2.25. The number of aliphatic hydroxyl groups is 1.